The molecule has 1 saturated heterocycles. The maximum Gasteiger partial charge on any atom is 0.302 e. The van der Waals surface area contributed by atoms with Gasteiger partial charge in [0.2, 0.25) is 5.91 Å². The second-order valence-corrected chi connectivity index (χ2v) is 9.79. The molecule has 7 nitrogen and oxygen atoms in total. The molecule has 37 heavy (non-hydrogen) atoms. The van der Waals surface area contributed by atoms with Crippen LogP contribution in [0.25, 0.3) is 0 Å². The number of esters is 1. The molecule has 0 spiro atoms. The molecule has 2 unspecified atom stereocenters. The summed E-state index contributed by atoms with van der Waals surface area (Å²) in [5.41, 5.74) is 3.74. The van der Waals surface area contributed by atoms with Crippen LogP contribution >= 0.6 is 11.8 Å². The number of rotatable bonds is 8. The SMILES string of the molecule is C/C=C\C.CC(=O)OCc1ccc(OCC2=C(C)N3C(=O)C(NC(=O)Cc4ccccc4)C3SC2)cc1. The van der Waals surface area contributed by atoms with Crippen LogP contribution in [0.5, 0.6) is 5.75 Å². The highest BCUT2D eigenvalue weighted by atomic mass is 32.2. The van der Waals surface area contributed by atoms with E-state index in [9.17, 15) is 14.4 Å². The normalized spacial score (nSPS) is 18.4. The number of allylic oxidation sites excluding steroid dienone is 3. The van der Waals surface area contributed by atoms with Gasteiger partial charge in [0.1, 0.15) is 30.4 Å². The van der Waals surface area contributed by atoms with Gasteiger partial charge in [0.05, 0.1) is 6.42 Å². The first kappa shape index (κ1) is 28.1. The zero-order valence-corrected chi connectivity index (χ0v) is 22.5. The van der Waals surface area contributed by atoms with Crippen molar-refractivity contribution < 1.29 is 23.9 Å². The first-order valence-electron chi connectivity index (χ1n) is 12.2. The molecular formula is C29H34N2O5S. The maximum atomic E-state index is 12.7. The van der Waals surface area contributed by atoms with Gasteiger partial charge < -0.3 is 14.8 Å². The maximum absolute atomic E-state index is 12.7. The van der Waals surface area contributed by atoms with Crippen molar-refractivity contribution in [3.8, 4) is 5.75 Å². The molecule has 0 aromatic heterocycles. The number of carbonyl (C=O) groups is 3. The smallest absolute Gasteiger partial charge is 0.302 e. The number of nitrogens with one attached hydrogen (secondary N) is 1. The summed E-state index contributed by atoms with van der Waals surface area (Å²) in [6.45, 7) is 7.92. The van der Waals surface area contributed by atoms with Gasteiger partial charge in [-0.25, -0.2) is 0 Å². The van der Waals surface area contributed by atoms with Crippen LogP contribution in [0.2, 0.25) is 0 Å². The van der Waals surface area contributed by atoms with E-state index in [0.29, 0.717) is 12.4 Å². The van der Waals surface area contributed by atoms with E-state index in [1.54, 1.807) is 16.7 Å². The van der Waals surface area contributed by atoms with Crippen LogP contribution in [0.15, 0.2) is 78.0 Å². The number of β-lactam (4-membered cyclic amide) rings is 1. The van der Waals surface area contributed by atoms with Crippen LogP contribution in [0.3, 0.4) is 0 Å². The van der Waals surface area contributed by atoms with Gasteiger partial charge in [-0.05, 0) is 49.6 Å². The molecule has 8 heteroatoms. The van der Waals surface area contributed by atoms with Crippen LogP contribution in [0.4, 0.5) is 0 Å². The van der Waals surface area contributed by atoms with Gasteiger partial charge in [-0.1, -0.05) is 54.6 Å². The summed E-state index contributed by atoms with van der Waals surface area (Å²) in [6, 6.07) is 16.4. The molecule has 4 rings (SSSR count). The van der Waals surface area contributed by atoms with Gasteiger partial charge in [0, 0.05) is 18.4 Å². The van der Waals surface area contributed by atoms with Gasteiger partial charge in [-0.15, -0.1) is 11.8 Å². The first-order chi connectivity index (χ1) is 17.8. The Bertz CT molecular complexity index is 1140. The molecule has 1 N–H and O–H groups in total. The Hall–Kier alpha value is -3.52. The molecule has 2 aliphatic rings. The lowest BCUT2D eigenvalue weighted by Crippen LogP contribution is -2.69. The van der Waals surface area contributed by atoms with Crippen LogP contribution in [-0.2, 0) is 32.1 Å². The van der Waals surface area contributed by atoms with E-state index < -0.39 is 6.04 Å². The van der Waals surface area contributed by atoms with E-state index in [1.165, 1.54) is 6.92 Å². The minimum atomic E-state index is -0.492. The van der Waals surface area contributed by atoms with E-state index in [4.69, 9.17) is 9.47 Å². The first-order valence-corrected chi connectivity index (χ1v) is 13.3. The molecule has 2 aliphatic heterocycles. The molecular weight excluding hydrogens is 488 g/mol. The predicted molar refractivity (Wildman–Crippen MR) is 146 cm³/mol. The van der Waals surface area contributed by atoms with Gasteiger partial charge in [-0.3, -0.25) is 19.3 Å². The van der Waals surface area contributed by atoms with Crippen molar-refractivity contribution in [2.75, 3.05) is 12.4 Å². The second kappa shape index (κ2) is 13.7. The minimum absolute atomic E-state index is 0.0819. The molecule has 196 valence electrons. The van der Waals surface area contributed by atoms with Crippen LogP contribution in [0, 0.1) is 0 Å². The van der Waals surface area contributed by atoms with Crippen molar-refractivity contribution in [1.29, 1.82) is 0 Å². The molecule has 2 aromatic rings. The lowest BCUT2D eigenvalue weighted by atomic mass is 10.0. The van der Waals surface area contributed by atoms with Crippen LogP contribution < -0.4 is 10.1 Å². The topological polar surface area (TPSA) is 84.9 Å². The zero-order valence-electron chi connectivity index (χ0n) is 21.7. The van der Waals surface area contributed by atoms with Gasteiger partial charge >= 0.3 is 5.97 Å². The van der Waals surface area contributed by atoms with Crippen LogP contribution in [0.1, 0.15) is 38.8 Å². The Morgan fingerprint density at radius 1 is 1.03 bits per heavy atom. The van der Waals surface area contributed by atoms with E-state index in [1.807, 2.05) is 87.5 Å². The molecule has 0 radical (unpaired) electrons. The van der Waals surface area contributed by atoms with Gasteiger partial charge in [0.25, 0.3) is 5.91 Å². The Balaban J connectivity index is 0.000000886. The summed E-state index contributed by atoms with van der Waals surface area (Å²) in [5, 5.41) is 2.81. The van der Waals surface area contributed by atoms with E-state index in [0.717, 1.165) is 28.1 Å². The number of amides is 2. The highest BCUT2D eigenvalue weighted by Gasteiger charge is 2.51. The van der Waals surface area contributed by atoms with Crippen molar-refractivity contribution in [2.24, 2.45) is 0 Å². The number of hydrogen-bond donors (Lipinski definition) is 1. The largest absolute Gasteiger partial charge is 0.489 e. The molecule has 2 aromatic carbocycles. The summed E-state index contributed by atoms with van der Waals surface area (Å²) in [6.07, 6.45) is 4.26. The monoisotopic (exact) mass is 522 g/mol. The van der Waals surface area contributed by atoms with E-state index in [2.05, 4.69) is 5.32 Å². The number of nitrogens with zero attached hydrogens (tertiary/aromatic N) is 1. The third-order valence-corrected chi connectivity index (χ3v) is 7.32. The lowest BCUT2D eigenvalue weighted by Gasteiger charge is -2.50. The van der Waals surface area contributed by atoms with E-state index in [-0.39, 0.29) is 36.2 Å². The van der Waals surface area contributed by atoms with Crippen molar-refractivity contribution in [1.82, 2.24) is 10.2 Å². The Kier molecular flexibility index (Phi) is 10.4. The summed E-state index contributed by atoms with van der Waals surface area (Å²) in [4.78, 5) is 37.8. The molecule has 2 heterocycles. The Morgan fingerprint density at radius 2 is 1.70 bits per heavy atom. The average Bonchev–Trinajstić information content (AvgIpc) is 2.90. The lowest BCUT2D eigenvalue weighted by molar-refractivity contribution is -0.145. The summed E-state index contributed by atoms with van der Waals surface area (Å²) >= 11 is 1.64. The van der Waals surface area contributed by atoms with Crippen LogP contribution in [-0.4, -0.2) is 46.5 Å². The number of carbonyl (C=O) groups excluding carboxylic acids is 3. The summed E-state index contributed by atoms with van der Waals surface area (Å²) in [5.74, 6) is 0.890. The summed E-state index contributed by atoms with van der Waals surface area (Å²) in [7, 11) is 0. The van der Waals surface area contributed by atoms with Crippen molar-refractivity contribution in [3.05, 3.63) is 89.1 Å². The number of thioether (sulfide) groups is 1. The number of fused-ring (bicyclic) bond motifs is 1. The fourth-order valence-electron chi connectivity index (χ4n) is 3.77. The third-order valence-electron chi connectivity index (χ3n) is 5.98. The minimum Gasteiger partial charge on any atom is -0.489 e. The summed E-state index contributed by atoms with van der Waals surface area (Å²) < 4.78 is 10.9. The molecule has 1 fully saturated rings. The highest BCUT2D eigenvalue weighted by molar-refractivity contribution is 8.00. The molecule has 2 atom stereocenters. The fraction of sp³-hybridized carbons (Fsp3) is 0.345. The molecule has 0 bridgehead atoms. The number of hydrogen-bond acceptors (Lipinski definition) is 6. The zero-order chi connectivity index (χ0) is 26.8. The standard InChI is InChI=1S/C25H26N2O5S.C4H8/c1-16-20(14-32-21-10-8-19(9-11-21)13-31-17(2)28)15-33-25-23(24(30)27(16)25)26-22(29)12-18-6-4-3-5-7-18;1-3-4-2/h3-11,23,25H,12-15H2,1-2H3,(H,26,29);3-4H,1-2H3/b;4-3-. The number of ether oxygens (including phenoxy) is 2. The van der Waals surface area contributed by atoms with Crippen molar-refractivity contribution in [3.63, 3.8) is 0 Å². The van der Waals surface area contributed by atoms with Crippen molar-refractivity contribution >= 4 is 29.5 Å². The second-order valence-electron chi connectivity index (χ2n) is 8.69. The average molecular weight is 523 g/mol. The van der Waals surface area contributed by atoms with Gasteiger partial charge in [-0.2, -0.15) is 0 Å². The quantitative estimate of drug-likeness (QED) is 0.309. The predicted octanol–water partition coefficient (Wildman–Crippen LogP) is 4.63. The Morgan fingerprint density at radius 3 is 2.32 bits per heavy atom. The highest BCUT2D eigenvalue weighted by Crippen LogP contribution is 2.40. The Labute approximate surface area is 222 Å². The third kappa shape index (κ3) is 7.73. The molecule has 2 amide bonds. The van der Waals surface area contributed by atoms with Crippen molar-refractivity contribution in [2.45, 2.75) is 52.1 Å². The fourth-order valence-corrected chi connectivity index (χ4v) is 5.23. The number of benzene rings is 2. The molecule has 0 aliphatic carbocycles. The molecule has 0 saturated carbocycles. The van der Waals surface area contributed by atoms with Gasteiger partial charge in [0.15, 0.2) is 0 Å². The van der Waals surface area contributed by atoms with E-state index >= 15 is 0 Å².